The van der Waals surface area contributed by atoms with E-state index in [-0.39, 0.29) is 12.1 Å². The van der Waals surface area contributed by atoms with Crippen LogP contribution in [0.2, 0.25) is 0 Å². The number of urea groups is 1. The van der Waals surface area contributed by atoms with Crippen LogP contribution >= 0.6 is 0 Å². The third kappa shape index (κ3) is 2.32. The van der Waals surface area contributed by atoms with Gasteiger partial charge in [-0.1, -0.05) is 30.3 Å². The number of amides is 2. The van der Waals surface area contributed by atoms with Crippen LogP contribution in [0.15, 0.2) is 61.4 Å². The molecular formula is C18H18N4O2. The van der Waals surface area contributed by atoms with Crippen molar-refractivity contribution in [3.05, 3.63) is 72.6 Å². The molecule has 6 nitrogen and oxygen atoms in total. The molecular weight excluding hydrogens is 304 g/mol. The van der Waals surface area contributed by atoms with Crippen LogP contribution in [-0.4, -0.2) is 34.2 Å². The van der Waals surface area contributed by atoms with E-state index in [1.807, 2.05) is 41.5 Å². The normalized spacial score (nSPS) is 18.8. The minimum Gasteiger partial charge on any atom is -0.277 e. The summed E-state index contributed by atoms with van der Waals surface area (Å²) in [5.41, 5.74) is 3.16. The molecule has 24 heavy (non-hydrogen) atoms. The van der Waals surface area contributed by atoms with Crippen molar-refractivity contribution in [2.45, 2.75) is 12.6 Å². The monoisotopic (exact) mass is 322 g/mol. The van der Waals surface area contributed by atoms with Crippen molar-refractivity contribution in [3.8, 4) is 0 Å². The molecule has 2 bridgehead atoms. The zero-order valence-corrected chi connectivity index (χ0v) is 13.2. The molecule has 1 saturated heterocycles. The lowest BCUT2D eigenvalue weighted by atomic mass is 10.0. The molecule has 0 radical (unpaired) electrons. The minimum atomic E-state index is -0.151. The van der Waals surface area contributed by atoms with Crippen molar-refractivity contribution in [1.82, 2.24) is 15.1 Å². The number of fused-ring (bicyclic) bond motifs is 4. The highest BCUT2D eigenvalue weighted by molar-refractivity contribution is 5.81. The smallest absolute Gasteiger partial charge is 0.277 e. The first kappa shape index (κ1) is 14.7. The molecule has 0 aliphatic carbocycles. The van der Waals surface area contributed by atoms with Gasteiger partial charge >= 0.3 is 6.03 Å². The molecule has 122 valence electrons. The van der Waals surface area contributed by atoms with Gasteiger partial charge in [0.2, 0.25) is 0 Å². The Kier molecular flexibility index (Phi) is 3.66. The predicted molar refractivity (Wildman–Crippen MR) is 89.7 cm³/mol. The Labute approximate surface area is 140 Å². The lowest BCUT2D eigenvalue weighted by molar-refractivity contribution is -0.118. The number of para-hydroxylation sites is 1. The molecule has 1 aromatic heterocycles. The fourth-order valence-corrected chi connectivity index (χ4v) is 3.24. The summed E-state index contributed by atoms with van der Waals surface area (Å²) in [6.45, 7) is 5.12. The fourth-order valence-electron chi connectivity index (χ4n) is 3.24. The minimum absolute atomic E-state index is 0.0983. The van der Waals surface area contributed by atoms with E-state index >= 15 is 0 Å². The number of anilines is 1. The van der Waals surface area contributed by atoms with Crippen molar-refractivity contribution in [2.75, 3.05) is 18.2 Å². The molecule has 6 heteroatoms. The van der Waals surface area contributed by atoms with E-state index in [0.29, 0.717) is 19.7 Å². The number of hydrogen-bond acceptors (Lipinski definition) is 4. The highest BCUT2D eigenvalue weighted by atomic mass is 16.7. The Morgan fingerprint density at radius 1 is 1.29 bits per heavy atom. The van der Waals surface area contributed by atoms with Crippen molar-refractivity contribution in [2.24, 2.45) is 0 Å². The fraction of sp³-hybridized carbons (Fsp3) is 0.222. The van der Waals surface area contributed by atoms with Crippen LogP contribution in [-0.2, 0) is 11.4 Å². The van der Waals surface area contributed by atoms with Crippen molar-refractivity contribution in [1.29, 1.82) is 0 Å². The van der Waals surface area contributed by atoms with Crippen LogP contribution in [0.1, 0.15) is 17.2 Å². The zero-order valence-electron chi connectivity index (χ0n) is 13.2. The summed E-state index contributed by atoms with van der Waals surface area (Å²) in [5.74, 6) is 0. The van der Waals surface area contributed by atoms with Gasteiger partial charge in [0.25, 0.3) is 0 Å². The quantitative estimate of drug-likeness (QED) is 0.794. The van der Waals surface area contributed by atoms with Crippen molar-refractivity contribution < 1.29 is 9.63 Å². The van der Waals surface area contributed by atoms with Crippen molar-refractivity contribution >= 4 is 11.7 Å². The summed E-state index contributed by atoms with van der Waals surface area (Å²) in [5, 5.41) is 5.20. The van der Waals surface area contributed by atoms with Crippen LogP contribution < -0.4 is 5.01 Å². The summed E-state index contributed by atoms with van der Waals surface area (Å²) in [4.78, 5) is 22.6. The van der Waals surface area contributed by atoms with Gasteiger partial charge in [0.05, 0.1) is 25.4 Å². The molecule has 0 N–H and O–H groups in total. The van der Waals surface area contributed by atoms with Gasteiger partial charge in [-0.25, -0.2) is 9.80 Å². The Morgan fingerprint density at radius 2 is 2.17 bits per heavy atom. The van der Waals surface area contributed by atoms with Gasteiger partial charge in [-0.15, -0.1) is 6.58 Å². The number of hydrogen-bond donors (Lipinski definition) is 0. The Morgan fingerprint density at radius 3 is 2.96 bits per heavy atom. The molecule has 0 saturated carbocycles. The third-order valence-corrected chi connectivity index (χ3v) is 4.29. The highest BCUT2D eigenvalue weighted by Crippen LogP contribution is 2.42. The molecule has 2 aromatic rings. The number of hydroxylamine groups is 2. The van der Waals surface area contributed by atoms with Gasteiger partial charge < -0.3 is 0 Å². The second-order valence-electron chi connectivity index (χ2n) is 5.77. The van der Waals surface area contributed by atoms with Gasteiger partial charge in [-0.05, 0) is 17.7 Å². The van der Waals surface area contributed by atoms with Gasteiger partial charge in [-0.3, -0.25) is 14.8 Å². The largest absolute Gasteiger partial charge is 0.363 e. The highest BCUT2D eigenvalue weighted by Gasteiger charge is 2.47. The maximum atomic E-state index is 12.8. The van der Waals surface area contributed by atoms with E-state index in [4.69, 9.17) is 4.84 Å². The second kappa shape index (κ2) is 5.98. The van der Waals surface area contributed by atoms with Gasteiger partial charge in [0, 0.05) is 18.0 Å². The Balaban J connectivity index is 1.71. The molecule has 1 atom stereocenters. The third-order valence-electron chi connectivity index (χ3n) is 4.29. The van der Waals surface area contributed by atoms with Crippen LogP contribution in [0, 0.1) is 0 Å². The number of carbonyl (C=O) groups is 1. The summed E-state index contributed by atoms with van der Waals surface area (Å²) in [6.07, 6.45) is 5.21. The van der Waals surface area contributed by atoms with E-state index in [1.165, 1.54) is 5.06 Å². The van der Waals surface area contributed by atoms with E-state index in [2.05, 4.69) is 17.6 Å². The van der Waals surface area contributed by atoms with Gasteiger partial charge in [0.1, 0.15) is 6.04 Å². The number of hydrazine groups is 1. The molecule has 2 aliphatic heterocycles. The van der Waals surface area contributed by atoms with Gasteiger partial charge in [-0.2, -0.15) is 5.06 Å². The van der Waals surface area contributed by atoms with E-state index in [0.717, 1.165) is 16.8 Å². The van der Waals surface area contributed by atoms with Crippen molar-refractivity contribution in [3.63, 3.8) is 0 Å². The average molecular weight is 322 g/mol. The molecule has 4 rings (SSSR count). The molecule has 1 aromatic carbocycles. The molecule has 2 aliphatic rings. The molecule has 3 heterocycles. The lowest BCUT2D eigenvalue weighted by Crippen LogP contribution is -2.46. The SMILES string of the molecule is C=CCON1C(=O)N2CC1c1ccccc1N2Cc1cccnc1. The Bertz CT molecular complexity index is 765. The number of nitrogens with zero attached hydrogens (tertiary/aromatic N) is 4. The summed E-state index contributed by atoms with van der Waals surface area (Å²) >= 11 is 0. The first-order valence-electron chi connectivity index (χ1n) is 7.89. The van der Waals surface area contributed by atoms with Crippen LogP contribution in [0.3, 0.4) is 0 Å². The molecule has 1 unspecified atom stereocenters. The van der Waals surface area contributed by atoms with Crippen LogP contribution in [0.5, 0.6) is 0 Å². The summed E-state index contributed by atoms with van der Waals surface area (Å²) < 4.78 is 0. The molecule has 1 fully saturated rings. The lowest BCUT2D eigenvalue weighted by Gasteiger charge is -2.37. The molecule has 2 amide bonds. The number of benzene rings is 1. The topological polar surface area (TPSA) is 48.9 Å². The number of rotatable bonds is 5. The standard InChI is InChI=1S/C18H18N4O2/c1-2-10-24-22-17-13-21(18(22)23)20(12-14-6-5-9-19-11-14)16-8-4-3-7-15(16)17/h2-9,11,17H,1,10,12-13H2. The van der Waals surface area contributed by atoms with Crippen LogP contribution in [0.25, 0.3) is 0 Å². The number of carbonyl (C=O) groups excluding carboxylic acids is 1. The first-order chi connectivity index (χ1) is 11.8. The Hall–Kier alpha value is -2.86. The first-order valence-corrected chi connectivity index (χ1v) is 7.89. The predicted octanol–water partition coefficient (Wildman–Crippen LogP) is 2.91. The maximum Gasteiger partial charge on any atom is 0.363 e. The van der Waals surface area contributed by atoms with E-state index in [9.17, 15) is 4.79 Å². The number of pyridine rings is 1. The number of aromatic nitrogens is 1. The second-order valence-corrected chi connectivity index (χ2v) is 5.77. The van der Waals surface area contributed by atoms with E-state index < -0.39 is 0 Å². The van der Waals surface area contributed by atoms with E-state index in [1.54, 1.807) is 17.3 Å². The average Bonchev–Trinajstić information content (AvgIpc) is 2.91. The maximum absolute atomic E-state index is 12.8. The van der Waals surface area contributed by atoms with Crippen LogP contribution in [0.4, 0.5) is 10.5 Å². The zero-order chi connectivity index (χ0) is 16.5. The summed E-state index contributed by atoms with van der Waals surface area (Å²) in [6, 6.07) is 11.7. The summed E-state index contributed by atoms with van der Waals surface area (Å²) in [7, 11) is 0. The molecule has 0 spiro atoms. The van der Waals surface area contributed by atoms with Gasteiger partial charge in [0.15, 0.2) is 0 Å².